The van der Waals surface area contributed by atoms with E-state index in [2.05, 4.69) is 14.8 Å². The van der Waals surface area contributed by atoms with Crippen molar-refractivity contribution in [2.24, 2.45) is 11.7 Å². The molecule has 4 rings (SSSR count). The first-order chi connectivity index (χ1) is 16.7. The summed E-state index contributed by atoms with van der Waals surface area (Å²) in [5.74, 6) is -1.76. The van der Waals surface area contributed by atoms with Crippen molar-refractivity contribution >= 4 is 11.9 Å². The zero-order chi connectivity index (χ0) is 25.1. The van der Waals surface area contributed by atoms with E-state index in [9.17, 15) is 23.2 Å². The Morgan fingerprint density at radius 3 is 2.63 bits per heavy atom. The molecule has 1 aliphatic carbocycles. The normalized spacial score (nSPS) is 12.9. The number of alkyl halides is 2. The second-order valence-electron chi connectivity index (χ2n) is 7.80. The third-order valence-corrected chi connectivity index (χ3v) is 5.05. The Hall–Kier alpha value is -4.35. The molecule has 1 aliphatic rings. The molecule has 2 heterocycles. The number of carbonyl (C=O) groups is 2. The molecule has 0 radical (unpaired) electrons. The molecule has 0 bridgehead atoms. The van der Waals surface area contributed by atoms with Crippen LogP contribution in [0.1, 0.15) is 39.4 Å². The van der Waals surface area contributed by atoms with Gasteiger partial charge in [-0.15, -0.1) is 0 Å². The van der Waals surface area contributed by atoms with Gasteiger partial charge in [0.15, 0.2) is 17.2 Å². The lowest BCUT2D eigenvalue weighted by Crippen LogP contribution is -2.26. The average Bonchev–Trinajstić information content (AvgIpc) is 3.63. The van der Waals surface area contributed by atoms with E-state index in [-0.39, 0.29) is 40.0 Å². The number of rotatable bonds is 9. The molecule has 1 fully saturated rings. The molecule has 0 saturated heterocycles. The number of aryl methyl sites for hydroxylation is 1. The molecule has 2 N–H and O–H groups in total. The standard InChI is InChI=1S/C23H20F2N4O6/c1-12-9-19(30)29(28-20(12)22(32)35-18-4-2-3-15(27-18)21(26)31)14-7-8-16(34-23(24)25)17(10-14)33-11-13-5-6-13/h2-4,7-10,13,23H,5-6,11H2,1H3,(H2,26,31). The van der Waals surface area contributed by atoms with Crippen LogP contribution in [0.2, 0.25) is 0 Å². The van der Waals surface area contributed by atoms with Crippen molar-refractivity contribution in [3.05, 3.63) is 69.8 Å². The van der Waals surface area contributed by atoms with Gasteiger partial charge in [0.25, 0.3) is 11.5 Å². The van der Waals surface area contributed by atoms with Gasteiger partial charge in [0.1, 0.15) is 5.69 Å². The maximum atomic E-state index is 12.8. The minimum atomic E-state index is -3.06. The predicted octanol–water partition coefficient (Wildman–Crippen LogP) is 2.64. The van der Waals surface area contributed by atoms with Crippen LogP contribution in [0.3, 0.4) is 0 Å². The molecule has 3 aromatic rings. The summed E-state index contributed by atoms with van der Waals surface area (Å²) in [5, 5.41) is 4.10. The fraction of sp³-hybridized carbons (Fsp3) is 0.261. The number of hydrogen-bond donors (Lipinski definition) is 1. The first-order valence-corrected chi connectivity index (χ1v) is 10.5. The van der Waals surface area contributed by atoms with Crippen LogP contribution in [0, 0.1) is 12.8 Å². The maximum absolute atomic E-state index is 12.8. The number of hydrogen-bond acceptors (Lipinski definition) is 8. The van der Waals surface area contributed by atoms with Crippen LogP contribution in [-0.4, -0.2) is 39.9 Å². The van der Waals surface area contributed by atoms with Crippen molar-refractivity contribution in [1.29, 1.82) is 0 Å². The lowest BCUT2D eigenvalue weighted by molar-refractivity contribution is -0.0515. The molecule has 0 unspecified atom stereocenters. The Morgan fingerprint density at radius 2 is 1.94 bits per heavy atom. The van der Waals surface area contributed by atoms with Gasteiger partial charge >= 0.3 is 12.6 Å². The van der Waals surface area contributed by atoms with Crippen molar-refractivity contribution in [3.63, 3.8) is 0 Å². The Kier molecular flexibility index (Phi) is 6.71. The van der Waals surface area contributed by atoms with Crippen LogP contribution in [0.4, 0.5) is 8.78 Å². The highest BCUT2D eigenvalue weighted by Gasteiger charge is 2.24. The second kappa shape index (κ2) is 9.87. The van der Waals surface area contributed by atoms with Gasteiger partial charge in [-0.05, 0) is 49.4 Å². The summed E-state index contributed by atoms with van der Waals surface area (Å²) in [5.41, 5.74) is 4.69. The molecule has 12 heteroatoms. The summed E-state index contributed by atoms with van der Waals surface area (Å²) >= 11 is 0. The second-order valence-corrected chi connectivity index (χ2v) is 7.80. The monoisotopic (exact) mass is 486 g/mol. The van der Waals surface area contributed by atoms with Gasteiger partial charge in [-0.3, -0.25) is 9.59 Å². The fourth-order valence-electron chi connectivity index (χ4n) is 3.11. The number of aromatic nitrogens is 3. The minimum absolute atomic E-state index is 0.0144. The number of nitrogens with zero attached hydrogens (tertiary/aromatic N) is 3. The molecular weight excluding hydrogens is 466 g/mol. The molecule has 0 atom stereocenters. The van der Waals surface area contributed by atoms with Crippen LogP contribution in [-0.2, 0) is 0 Å². The van der Waals surface area contributed by atoms with Gasteiger partial charge in [0.05, 0.1) is 12.3 Å². The van der Waals surface area contributed by atoms with Crippen molar-refractivity contribution in [3.8, 4) is 23.1 Å². The molecule has 0 aliphatic heterocycles. The molecule has 1 saturated carbocycles. The van der Waals surface area contributed by atoms with E-state index in [0.717, 1.165) is 17.5 Å². The van der Waals surface area contributed by atoms with Crippen LogP contribution in [0.5, 0.6) is 17.4 Å². The van der Waals surface area contributed by atoms with Gasteiger partial charge in [0, 0.05) is 18.2 Å². The third kappa shape index (κ3) is 5.78. The fourth-order valence-corrected chi connectivity index (χ4v) is 3.11. The number of benzene rings is 1. The van der Waals surface area contributed by atoms with Crippen LogP contribution < -0.4 is 25.5 Å². The number of ether oxygens (including phenoxy) is 3. The molecular formula is C23H20F2N4O6. The molecule has 35 heavy (non-hydrogen) atoms. The van der Waals surface area contributed by atoms with E-state index in [1.165, 1.54) is 49.4 Å². The van der Waals surface area contributed by atoms with Crippen molar-refractivity contribution < 1.29 is 32.6 Å². The summed E-state index contributed by atoms with van der Waals surface area (Å²) in [6, 6.07) is 9.20. The smallest absolute Gasteiger partial charge is 0.387 e. The highest BCUT2D eigenvalue weighted by Crippen LogP contribution is 2.34. The van der Waals surface area contributed by atoms with E-state index in [1.807, 2.05) is 0 Å². The Labute approximate surface area is 197 Å². The van der Waals surface area contributed by atoms with Gasteiger partial charge in [-0.2, -0.15) is 18.6 Å². The van der Waals surface area contributed by atoms with Crippen molar-refractivity contribution in [2.75, 3.05) is 6.61 Å². The summed E-state index contributed by atoms with van der Waals surface area (Å²) < 4.78 is 41.9. The molecule has 1 amide bonds. The Bertz CT molecular complexity index is 1340. The van der Waals surface area contributed by atoms with E-state index in [1.54, 1.807) is 0 Å². The number of carbonyl (C=O) groups excluding carboxylic acids is 2. The zero-order valence-electron chi connectivity index (χ0n) is 18.4. The number of amides is 1. The van der Waals surface area contributed by atoms with Gasteiger partial charge in [0.2, 0.25) is 5.88 Å². The van der Waals surface area contributed by atoms with Crippen LogP contribution >= 0.6 is 0 Å². The predicted molar refractivity (Wildman–Crippen MR) is 117 cm³/mol. The molecule has 1 aromatic carbocycles. The number of esters is 1. The highest BCUT2D eigenvalue weighted by atomic mass is 19.3. The number of primary amides is 1. The lowest BCUT2D eigenvalue weighted by Gasteiger charge is -2.15. The van der Waals surface area contributed by atoms with E-state index < -0.39 is 24.0 Å². The summed E-state index contributed by atoms with van der Waals surface area (Å²) in [6.45, 7) is -1.26. The molecule has 182 valence electrons. The largest absolute Gasteiger partial charge is 0.489 e. The quantitative estimate of drug-likeness (QED) is 0.456. The molecule has 2 aromatic heterocycles. The number of nitrogens with two attached hydrogens (primary N) is 1. The summed E-state index contributed by atoms with van der Waals surface area (Å²) in [6.07, 6.45) is 1.96. The summed E-state index contributed by atoms with van der Waals surface area (Å²) in [4.78, 5) is 40.5. The number of halogens is 2. The highest BCUT2D eigenvalue weighted by molar-refractivity contribution is 5.92. The van der Waals surface area contributed by atoms with E-state index >= 15 is 0 Å². The van der Waals surface area contributed by atoms with Crippen molar-refractivity contribution in [2.45, 2.75) is 26.4 Å². The first-order valence-electron chi connectivity index (χ1n) is 10.5. The number of pyridine rings is 1. The third-order valence-electron chi connectivity index (χ3n) is 5.05. The van der Waals surface area contributed by atoms with Crippen LogP contribution in [0.25, 0.3) is 5.69 Å². The zero-order valence-corrected chi connectivity index (χ0v) is 18.4. The Morgan fingerprint density at radius 1 is 1.17 bits per heavy atom. The topological polar surface area (TPSA) is 136 Å². The molecule has 0 spiro atoms. The summed E-state index contributed by atoms with van der Waals surface area (Å²) in [7, 11) is 0. The van der Waals surface area contributed by atoms with E-state index in [0.29, 0.717) is 12.5 Å². The van der Waals surface area contributed by atoms with Gasteiger partial charge in [-0.25, -0.2) is 9.78 Å². The van der Waals surface area contributed by atoms with Crippen molar-refractivity contribution in [1.82, 2.24) is 14.8 Å². The van der Waals surface area contributed by atoms with Gasteiger partial charge < -0.3 is 19.9 Å². The van der Waals surface area contributed by atoms with E-state index in [4.69, 9.17) is 15.2 Å². The first kappa shape index (κ1) is 23.8. The molecule has 10 nitrogen and oxygen atoms in total. The maximum Gasteiger partial charge on any atom is 0.387 e. The van der Waals surface area contributed by atoms with Crippen LogP contribution in [0.15, 0.2) is 47.3 Å². The SMILES string of the molecule is Cc1cc(=O)n(-c2ccc(OC(F)F)c(OCC3CC3)c2)nc1C(=O)Oc1cccc(C(N)=O)n1. The average molecular weight is 486 g/mol. The van der Waals surface area contributed by atoms with Gasteiger partial charge in [-0.1, -0.05) is 6.07 Å². The lowest BCUT2D eigenvalue weighted by atomic mass is 10.2. The minimum Gasteiger partial charge on any atom is -0.489 e. The Balaban J connectivity index is 1.66.